The molecule has 120 valence electrons. The average Bonchev–Trinajstić information content (AvgIpc) is 3.28. The molecule has 0 aromatic rings. The molecule has 3 aliphatic rings. The maximum atomic E-state index is 12.2. The number of likely N-dealkylation sites (tertiary alicyclic amines) is 2. The summed E-state index contributed by atoms with van der Waals surface area (Å²) in [7, 11) is 0. The Balaban J connectivity index is 1.46. The topological polar surface area (TPSA) is 32.8 Å². The fourth-order valence-electron chi connectivity index (χ4n) is 3.91. The quantitative estimate of drug-likeness (QED) is 0.704. The molecular weight excluding hydrogens is 264 g/mol. The van der Waals surface area contributed by atoms with E-state index in [9.17, 15) is 4.79 Å². The number of hydrogen-bond donors (Lipinski definition) is 0. The maximum Gasteiger partial charge on any atom is 0.223 e. The van der Waals surface area contributed by atoms with Crippen LogP contribution in [0.1, 0.15) is 46.0 Å². The second-order valence-electron chi connectivity index (χ2n) is 7.46. The van der Waals surface area contributed by atoms with Crippen LogP contribution in [0, 0.1) is 11.8 Å². The first-order valence-corrected chi connectivity index (χ1v) is 8.76. The highest BCUT2D eigenvalue weighted by Gasteiger charge is 2.45. The third-order valence-electron chi connectivity index (χ3n) is 5.10. The van der Waals surface area contributed by atoms with E-state index in [1.807, 2.05) is 0 Å². The zero-order valence-electron chi connectivity index (χ0n) is 13.6. The molecule has 1 saturated carbocycles. The van der Waals surface area contributed by atoms with Gasteiger partial charge in [-0.15, -0.1) is 0 Å². The molecule has 21 heavy (non-hydrogen) atoms. The van der Waals surface area contributed by atoms with Gasteiger partial charge in [0.25, 0.3) is 0 Å². The summed E-state index contributed by atoms with van der Waals surface area (Å²) in [6.45, 7) is 9.43. The van der Waals surface area contributed by atoms with Crippen molar-refractivity contribution in [3.8, 4) is 0 Å². The highest BCUT2D eigenvalue weighted by atomic mass is 16.5. The molecule has 4 heteroatoms. The zero-order valence-corrected chi connectivity index (χ0v) is 13.6. The number of rotatable bonds is 6. The van der Waals surface area contributed by atoms with E-state index >= 15 is 0 Å². The van der Waals surface area contributed by atoms with E-state index in [0.29, 0.717) is 29.8 Å². The van der Waals surface area contributed by atoms with Gasteiger partial charge in [-0.3, -0.25) is 4.79 Å². The van der Waals surface area contributed by atoms with Crippen LogP contribution in [0.2, 0.25) is 0 Å². The lowest BCUT2D eigenvalue weighted by Gasteiger charge is -2.47. The summed E-state index contributed by atoms with van der Waals surface area (Å²) in [6, 6.07) is 1.12. The summed E-state index contributed by atoms with van der Waals surface area (Å²) in [5.41, 5.74) is 0. The monoisotopic (exact) mass is 294 g/mol. The van der Waals surface area contributed by atoms with Gasteiger partial charge in [-0.05, 0) is 37.5 Å². The Morgan fingerprint density at radius 3 is 2.76 bits per heavy atom. The number of carbonyl (C=O) groups excluding carboxylic acids is 1. The second kappa shape index (κ2) is 6.66. The van der Waals surface area contributed by atoms with Gasteiger partial charge in [0.05, 0.1) is 6.61 Å². The summed E-state index contributed by atoms with van der Waals surface area (Å²) < 4.78 is 5.71. The zero-order chi connectivity index (χ0) is 14.8. The average molecular weight is 294 g/mol. The van der Waals surface area contributed by atoms with Crippen molar-refractivity contribution in [2.24, 2.45) is 11.8 Å². The summed E-state index contributed by atoms with van der Waals surface area (Å²) >= 11 is 0. The molecule has 4 nitrogen and oxygen atoms in total. The van der Waals surface area contributed by atoms with E-state index in [1.54, 1.807) is 0 Å². The molecule has 1 amide bonds. The van der Waals surface area contributed by atoms with Gasteiger partial charge >= 0.3 is 0 Å². The molecule has 2 atom stereocenters. The van der Waals surface area contributed by atoms with Crippen LogP contribution >= 0.6 is 0 Å². The van der Waals surface area contributed by atoms with E-state index in [0.717, 1.165) is 52.1 Å². The van der Waals surface area contributed by atoms with Crippen LogP contribution in [0.15, 0.2) is 0 Å². The van der Waals surface area contributed by atoms with Crippen LogP contribution in [0.3, 0.4) is 0 Å². The molecule has 0 N–H and O–H groups in total. The van der Waals surface area contributed by atoms with Crippen LogP contribution < -0.4 is 0 Å². The molecule has 0 bridgehead atoms. The van der Waals surface area contributed by atoms with Crippen molar-refractivity contribution < 1.29 is 9.53 Å². The molecule has 3 fully saturated rings. The van der Waals surface area contributed by atoms with Crippen LogP contribution in [0.4, 0.5) is 0 Å². The highest BCUT2D eigenvalue weighted by molar-refractivity contribution is 5.78. The number of piperidine rings is 2. The van der Waals surface area contributed by atoms with Gasteiger partial charge in [0.15, 0.2) is 0 Å². The Morgan fingerprint density at radius 2 is 2.05 bits per heavy atom. The predicted molar refractivity (Wildman–Crippen MR) is 83.1 cm³/mol. The Morgan fingerprint density at radius 1 is 1.24 bits per heavy atom. The summed E-state index contributed by atoms with van der Waals surface area (Å²) in [5, 5.41) is 0. The predicted octanol–water partition coefficient (Wildman–Crippen LogP) is 2.13. The number of carbonyl (C=O) groups is 1. The van der Waals surface area contributed by atoms with Crippen molar-refractivity contribution in [1.82, 2.24) is 9.80 Å². The number of amides is 1. The van der Waals surface area contributed by atoms with Crippen LogP contribution in [-0.4, -0.2) is 60.6 Å². The number of fused-ring (bicyclic) bond motifs is 1. The van der Waals surface area contributed by atoms with Gasteiger partial charge in [0.1, 0.15) is 0 Å². The fourth-order valence-corrected chi connectivity index (χ4v) is 3.91. The van der Waals surface area contributed by atoms with Crippen molar-refractivity contribution in [3.05, 3.63) is 0 Å². The van der Waals surface area contributed by atoms with Crippen molar-refractivity contribution >= 4 is 5.91 Å². The minimum absolute atomic E-state index is 0.424. The molecule has 3 rings (SSSR count). The van der Waals surface area contributed by atoms with Gasteiger partial charge in [0, 0.05) is 44.7 Å². The highest BCUT2D eigenvalue weighted by Crippen LogP contribution is 2.38. The van der Waals surface area contributed by atoms with Crippen molar-refractivity contribution in [2.75, 3.05) is 32.8 Å². The fraction of sp³-hybridized carbons (Fsp3) is 0.941. The Kier molecular flexibility index (Phi) is 4.85. The maximum absolute atomic E-state index is 12.2. The lowest BCUT2D eigenvalue weighted by molar-refractivity contribution is -0.142. The summed E-state index contributed by atoms with van der Waals surface area (Å²) in [6.07, 6.45) is 5.51. The molecule has 0 aromatic carbocycles. The van der Waals surface area contributed by atoms with Crippen molar-refractivity contribution in [3.63, 3.8) is 0 Å². The van der Waals surface area contributed by atoms with Gasteiger partial charge < -0.3 is 14.5 Å². The largest absolute Gasteiger partial charge is 0.380 e. The molecule has 2 saturated heterocycles. The molecule has 2 heterocycles. The normalized spacial score (nSPS) is 30.8. The van der Waals surface area contributed by atoms with Crippen molar-refractivity contribution in [1.29, 1.82) is 0 Å². The van der Waals surface area contributed by atoms with Gasteiger partial charge in [0.2, 0.25) is 5.91 Å². The molecule has 0 spiro atoms. The first kappa shape index (κ1) is 15.3. The van der Waals surface area contributed by atoms with Crippen LogP contribution in [-0.2, 0) is 9.53 Å². The SMILES string of the molecule is CC(C)COCCN1CC[C@@H]2[C@@H](CCC(=O)N2C2CC2)C1. The molecule has 0 radical (unpaired) electrons. The van der Waals surface area contributed by atoms with Crippen molar-refractivity contribution in [2.45, 2.75) is 58.0 Å². The third kappa shape index (κ3) is 3.78. The van der Waals surface area contributed by atoms with Gasteiger partial charge in [-0.2, -0.15) is 0 Å². The molecule has 0 unspecified atom stereocenters. The van der Waals surface area contributed by atoms with Crippen LogP contribution in [0.5, 0.6) is 0 Å². The van der Waals surface area contributed by atoms with Gasteiger partial charge in [-0.1, -0.05) is 13.8 Å². The summed E-state index contributed by atoms with van der Waals surface area (Å²) in [5.74, 6) is 1.74. The lowest BCUT2D eigenvalue weighted by atomic mass is 9.83. The Bertz CT molecular complexity index is 368. The lowest BCUT2D eigenvalue weighted by Crippen LogP contribution is -2.56. The Labute approximate surface area is 128 Å². The number of hydrogen-bond acceptors (Lipinski definition) is 3. The van der Waals surface area contributed by atoms with Gasteiger partial charge in [-0.25, -0.2) is 0 Å². The standard InChI is InChI=1S/C17H30N2O2/c1-13(2)12-21-10-9-18-8-7-16-14(11-18)3-6-17(20)19(16)15-4-5-15/h13-16H,3-12H2,1-2H3/t14-,16+/m0/s1. The minimum atomic E-state index is 0.424. The van der Waals surface area contributed by atoms with E-state index in [-0.39, 0.29) is 0 Å². The van der Waals surface area contributed by atoms with E-state index in [4.69, 9.17) is 4.74 Å². The van der Waals surface area contributed by atoms with E-state index < -0.39 is 0 Å². The molecule has 2 aliphatic heterocycles. The Hall–Kier alpha value is -0.610. The number of nitrogens with zero attached hydrogens (tertiary/aromatic N) is 2. The molecule has 0 aromatic heterocycles. The van der Waals surface area contributed by atoms with E-state index in [2.05, 4.69) is 23.6 Å². The minimum Gasteiger partial charge on any atom is -0.380 e. The number of ether oxygens (including phenoxy) is 1. The summed E-state index contributed by atoms with van der Waals surface area (Å²) in [4.78, 5) is 17.0. The smallest absolute Gasteiger partial charge is 0.223 e. The first-order chi connectivity index (χ1) is 10.1. The van der Waals surface area contributed by atoms with Crippen LogP contribution in [0.25, 0.3) is 0 Å². The molecule has 1 aliphatic carbocycles. The first-order valence-electron chi connectivity index (χ1n) is 8.76. The van der Waals surface area contributed by atoms with E-state index in [1.165, 1.54) is 12.8 Å². The third-order valence-corrected chi connectivity index (χ3v) is 5.10. The molecular formula is C17H30N2O2. The second-order valence-corrected chi connectivity index (χ2v) is 7.46.